The van der Waals surface area contributed by atoms with E-state index in [9.17, 15) is 22.0 Å². The third kappa shape index (κ3) is 0.443. The molecule has 1 radical (unpaired) electrons. The Balaban J connectivity index is 2.90. The van der Waals surface area contributed by atoms with Crippen LogP contribution in [0.4, 0.5) is 22.0 Å². The molecule has 0 aromatic rings. The van der Waals surface area contributed by atoms with Crippen molar-refractivity contribution in [2.45, 2.75) is 23.9 Å². The van der Waals surface area contributed by atoms with Gasteiger partial charge in [0.2, 0.25) is 5.67 Å². The SMILES string of the molecule is [CH2]CC1(F)C(F)(F)C1(F)F. The van der Waals surface area contributed by atoms with Crippen molar-refractivity contribution in [3.05, 3.63) is 6.92 Å². The van der Waals surface area contributed by atoms with Crippen molar-refractivity contribution in [2.24, 2.45) is 0 Å². The summed E-state index contributed by atoms with van der Waals surface area (Å²) >= 11 is 0. The highest BCUT2D eigenvalue weighted by atomic mass is 19.3. The third-order valence-electron chi connectivity index (χ3n) is 1.67. The topological polar surface area (TPSA) is 0 Å². The maximum Gasteiger partial charge on any atom is 0.353 e. The second-order valence-corrected chi connectivity index (χ2v) is 2.20. The molecule has 1 saturated carbocycles. The summed E-state index contributed by atoms with van der Waals surface area (Å²) in [5, 5.41) is 0. The van der Waals surface area contributed by atoms with E-state index in [4.69, 9.17) is 0 Å². The van der Waals surface area contributed by atoms with E-state index >= 15 is 0 Å². The average Bonchev–Trinajstić information content (AvgIpc) is 2.11. The summed E-state index contributed by atoms with van der Waals surface area (Å²) in [6, 6.07) is 0. The molecule has 1 rings (SSSR count). The van der Waals surface area contributed by atoms with E-state index in [1.165, 1.54) is 0 Å². The predicted octanol–water partition coefficient (Wildman–Crippen LogP) is 2.20. The Morgan fingerprint density at radius 1 is 0.900 bits per heavy atom. The van der Waals surface area contributed by atoms with Crippen LogP contribution in [0.2, 0.25) is 0 Å². The lowest BCUT2D eigenvalue weighted by Crippen LogP contribution is -2.11. The fourth-order valence-electron chi connectivity index (χ4n) is 0.753. The zero-order valence-electron chi connectivity index (χ0n) is 4.80. The van der Waals surface area contributed by atoms with E-state index in [-0.39, 0.29) is 0 Å². The van der Waals surface area contributed by atoms with Crippen LogP contribution in [0.3, 0.4) is 0 Å². The molecule has 1 fully saturated rings. The lowest BCUT2D eigenvalue weighted by Gasteiger charge is -1.95. The first kappa shape index (κ1) is 7.75. The van der Waals surface area contributed by atoms with Crippen molar-refractivity contribution in [1.82, 2.24) is 0 Å². The van der Waals surface area contributed by atoms with E-state index in [1.54, 1.807) is 0 Å². The van der Waals surface area contributed by atoms with Gasteiger partial charge in [-0.2, -0.15) is 17.6 Å². The minimum atomic E-state index is -4.51. The molecule has 10 heavy (non-hydrogen) atoms. The van der Waals surface area contributed by atoms with Gasteiger partial charge in [-0.25, -0.2) is 4.39 Å². The van der Waals surface area contributed by atoms with Crippen LogP contribution in [-0.2, 0) is 0 Å². The van der Waals surface area contributed by atoms with Gasteiger partial charge in [0.05, 0.1) is 0 Å². The standard InChI is InChI=1S/C5H4F5/c1-2-3(6)4(7,8)5(3,9)10/h1-2H2. The lowest BCUT2D eigenvalue weighted by atomic mass is 10.3. The average molecular weight is 159 g/mol. The van der Waals surface area contributed by atoms with Crippen LogP contribution in [0.25, 0.3) is 0 Å². The predicted molar refractivity (Wildman–Crippen MR) is 23.7 cm³/mol. The minimum Gasteiger partial charge on any atom is -0.230 e. The Labute approximate surface area is 54.0 Å². The Morgan fingerprint density at radius 2 is 1.20 bits per heavy atom. The fourth-order valence-corrected chi connectivity index (χ4v) is 0.753. The zero-order chi connectivity index (χ0) is 8.21. The third-order valence-corrected chi connectivity index (χ3v) is 1.67. The molecule has 0 heterocycles. The summed E-state index contributed by atoms with van der Waals surface area (Å²) in [6.45, 7) is 2.68. The molecule has 0 aromatic heterocycles. The number of rotatable bonds is 1. The number of halogens is 5. The molecule has 1 aliphatic rings. The molecule has 59 valence electrons. The number of hydrogen-bond donors (Lipinski definition) is 0. The van der Waals surface area contributed by atoms with Gasteiger partial charge in [-0.15, -0.1) is 0 Å². The van der Waals surface area contributed by atoms with Crippen LogP contribution in [0.15, 0.2) is 0 Å². The lowest BCUT2D eigenvalue weighted by molar-refractivity contribution is -0.0278. The van der Waals surface area contributed by atoms with Crippen molar-refractivity contribution in [1.29, 1.82) is 0 Å². The molecule has 0 aliphatic heterocycles. The van der Waals surface area contributed by atoms with Crippen LogP contribution in [0.1, 0.15) is 6.42 Å². The van der Waals surface area contributed by atoms with Gasteiger partial charge in [0, 0.05) is 0 Å². The molecule has 5 heteroatoms. The summed E-state index contributed by atoms with van der Waals surface area (Å²) in [6.07, 6.45) is -1.10. The summed E-state index contributed by atoms with van der Waals surface area (Å²) < 4.78 is 59.4. The summed E-state index contributed by atoms with van der Waals surface area (Å²) in [5.41, 5.74) is -3.69. The van der Waals surface area contributed by atoms with Crippen LogP contribution >= 0.6 is 0 Å². The Hall–Kier alpha value is -0.350. The first-order valence-corrected chi connectivity index (χ1v) is 2.55. The maximum absolute atomic E-state index is 12.2. The van der Waals surface area contributed by atoms with Crippen LogP contribution < -0.4 is 0 Å². The van der Waals surface area contributed by atoms with Gasteiger partial charge in [-0.1, -0.05) is 0 Å². The van der Waals surface area contributed by atoms with Gasteiger partial charge in [-0.05, 0) is 13.3 Å². The van der Waals surface area contributed by atoms with Crippen molar-refractivity contribution in [3.8, 4) is 0 Å². The van der Waals surface area contributed by atoms with Gasteiger partial charge < -0.3 is 0 Å². The van der Waals surface area contributed by atoms with E-state index in [2.05, 4.69) is 6.92 Å². The van der Waals surface area contributed by atoms with Gasteiger partial charge in [0.25, 0.3) is 0 Å². The van der Waals surface area contributed by atoms with Gasteiger partial charge in [-0.3, -0.25) is 0 Å². The molecule has 0 spiro atoms. The summed E-state index contributed by atoms with van der Waals surface area (Å²) in [4.78, 5) is 0. The maximum atomic E-state index is 12.2. The molecule has 0 atom stereocenters. The van der Waals surface area contributed by atoms with E-state index in [1.807, 2.05) is 0 Å². The zero-order valence-corrected chi connectivity index (χ0v) is 4.80. The van der Waals surface area contributed by atoms with Crippen molar-refractivity contribution in [2.75, 3.05) is 0 Å². The van der Waals surface area contributed by atoms with Gasteiger partial charge >= 0.3 is 11.8 Å². The van der Waals surface area contributed by atoms with Crippen LogP contribution in [0, 0.1) is 6.92 Å². The van der Waals surface area contributed by atoms with E-state index in [0.717, 1.165) is 0 Å². The highest BCUT2D eigenvalue weighted by Gasteiger charge is 2.97. The van der Waals surface area contributed by atoms with Crippen LogP contribution in [-0.4, -0.2) is 17.5 Å². The first-order valence-electron chi connectivity index (χ1n) is 2.55. The van der Waals surface area contributed by atoms with Gasteiger partial charge in [0.15, 0.2) is 0 Å². The van der Waals surface area contributed by atoms with Crippen molar-refractivity contribution < 1.29 is 22.0 Å². The second-order valence-electron chi connectivity index (χ2n) is 2.20. The molecule has 0 nitrogen and oxygen atoms in total. The molecule has 0 amide bonds. The summed E-state index contributed by atoms with van der Waals surface area (Å²) in [7, 11) is 0. The van der Waals surface area contributed by atoms with Crippen LogP contribution in [0.5, 0.6) is 0 Å². The molecule has 0 bridgehead atoms. The Kier molecular flexibility index (Phi) is 1.13. The minimum absolute atomic E-state index is 1.10. The molecule has 1 aliphatic carbocycles. The molecular weight excluding hydrogens is 155 g/mol. The largest absolute Gasteiger partial charge is 0.353 e. The molecular formula is C5H4F5. The smallest absolute Gasteiger partial charge is 0.230 e. The quantitative estimate of drug-likeness (QED) is 0.514. The van der Waals surface area contributed by atoms with E-state index < -0.39 is 23.9 Å². The van der Waals surface area contributed by atoms with Crippen molar-refractivity contribution in [3.63, 3.8) is 0 Å². The number of hydrogen-bond acceptors (Lipinski definition) is 0. The molecule has 0 aromatic carbocycles. The monoisotopic (exact) mass is 159 g/mol. The van der Waals surface area contributed by atoms with Gasteiger partial charge in [0.1, 0.15) is 0 Å². The highest BCUT2D eigenvalue weighted by Crippen LogP contribution is 2.69. The highest BCUT2D eigenvalue weighted by molar-refractivity contribution is 5.28. The summed E-state index contributed by atoms with van der Waals surface area (Å²) in [5.74, 6) is -9.02. The molecule has 0 N–H and O–H groups in total. The van der Waals surface area contributed by atoms with E-state index in [0.29, 0.717) is 0 Å². The normalized spacial score (nSPS) is 31.8. The Bertz CT molecular complexity index is 147. The first-order chi connectivity index (χ1) is 4.31. The number of alkyl halides is 5. The molecule has 0 saturated heterocycles. The second kappa shape index (κ2) is 1.46. The fraction of sp³-hybridized carbons (Fsp3) is 0.800. The Morgan fingerprint density at radius 3 is 1.20 bits per heavy atom. The molecule has 0 unspecified atom stereocenters. The van der Waals surface area contributed by atoms with Crippen molar-refractivity contribution >= 4 is 0 Å².